The first-order chi connectivity index (χ1) is 7.11. The minimum atomic E-state index is -0.285. The summed E-state index contributed by atoms with van der Waals surface area (Å²) in [6, 6.07) is -0.227. The second-order valence-electron chi connectivity index (χ2n) is 3.80. The normalized spacial score (nSPS) is 25.8. The standard InChI is InChI=1S/C9H14N4O2/c1-5-11-12-9(13(5)2)8(14)6-3-15-4-7(6)10/h6-7H,3-4,10H2,1-2H3. The summed E-state index contributed by atoms with van der Waals surface area (Å²) in [5, 5.41) is 7.69. The van der Waals surface area contributed by atoms with Crippen molar-refractivity contribution in [1.82, 2.24) is 14.8 Å². The van der Waals surface area contributed by atoms with Gasteiger partial charge >= 0.3 is 0 Å². The average molecular weight is 210 g/mol. The highest BCUT2D eigenvalue weighted by atomic mass is 16.5. The Hall–Kier alpha value is -1.27. The zero-order chi connectivity index (χ0) is 11.0. The average Bonchev–Trinajstić information content (AvgIpc) is 2.75. The third-order valence-electron chi connectivity index (χ3n) is 2.77. The van der Waals surface area contributed by atoms with Crippen molar-refractivity contribution in [2.45, 2.75) is 13.0 Å². The van der Waals surface area contributed by atoms with Crippen LogP contribution in [0.25, 0.3) is 0 Å². The molecule has 1 saturated heterocycles. The van der Waals surface area contributed by atoms with Gasteiger partial charge in [0.25, 0.3) is 0 Å². The summed E-state index contributed by atoms with van der Waals surface area (Å²) < 4.78 is 6.83. The molecule has 0 spiro atoms. The molecule has 0 amide bonds. The topological polar surface area (TPSA) is 83.0 Å². The molecule has 2 rings (SSSR count). The zero-order valence-electron chi connectivity index (χ0n) is 8.80. The van der Waals surface area contributed by atoms with Gasteiger partial charge in [0.15, 0.2) is 5.82 Å². The Morgan fingerprint density at radius 3 is 2.73 bits per heavy atom. The number of rotatable bonds is 2. The van der Waals surface area contributed by atoms with E-state index in [-0.39, 0.29) is 17.7 Å². The first kappa shape index (κ1) is 10.3. The maximum Gasteiger partial charge on any atom is 0.207 e. The Morgan fingerprint density at radius 2 is 2.27 bits per heavy atom. The lowest BCUT2D eigenvalue weighted by Gasteiger charge is -2.10. The maximum absolute atomic E-state index is 12.0. The molecule has 0 aliphatic carbocycles. The van der Waals surface area contributed by atoms with Crippen LogP contribution in [0.2, 0.25) is 0 Å². The summed E-state index contributed by atoms with van der Waals surface area (Å²) in [4.78, 5) is 12.0. The van der Waals surface area contributed by atoms with E-state index in [4.69, 9.17) is 10.5 Å². The maximum atomic E-state index is 12.0. The number of ketones is 1. The van der Waals surface area contributed by atoms with Crippen LogP contribution in [-0.4, -0.2) is 39.8 Å². The van der Waals surface area contributed by atoms with Crippen molar-refractivity contribution in [2.24, 2.45) is 18.7 Å². The summed E-state index contributed by atoms with van der Waals surface area (Å²) in [7, 11) is 1.77. The third-order valence-corrected chi connectivity index (χ3v) is 2.77. The lowest BCUT2D eigenvalue weighted by molar-refractivity contribution is 0.0881. The Labute approximate surface area is 87.4 Å². The van der Waals surface area contributed by atoms with Crippen LogP contribution < -0.4 is 5.73 Å². The minimum absolute atomic E-state index is 0.0805. The monoisotopic (exact) mass is 210 g/mol. The molecule has 1 aromatic rings. The fourth-order valence-corrected chi connectivity index (χ4v) is 1.63. The number of hydrogen-bond donors (Lipinski definition) is 1. The molecule has 0 saturated carbocycles. The van der Waals surface area contributed by atoms with Gasteiger partial charge in [-0.2, -0.15) is 0 Å². The molecule has 6 heteroatoms. The van der Waals surface area contributed by atoms with Crippen molar-refractivity contribution in [1.29, 1.82) is 0 Å². The molecule has 15 heavy (non-hydrogen) atoms. The summed E-state index contributed by atoms with van der Waals surface area (Å²) in [6.45, 7) is 2.62. The summed E-state index contributed by atoms with van der Waals surface area (Å²) in [5.41, 5.74) is 5.77. The SMILES string of the molecule is Cc1nnc(C(=O)C2COCC2N)n1C. The van der Waals surface area contributed by atoms with Gasteiger partial charge in [-0.15, -0.1) is 10.2 Å². The van der Waals surface area contributed by atoms with Gasteiger partial charge < -0.3 is 15.0 Å². The zero-order valence-corrected chi connectivity index (χ0v) is 8.80. The van der Waals surface area contributed by atoms with Crippen LogP contribution in [0.15, 0.2) is 0 Å². The summed E-state index contributed by atoms with van der Waals surface area (Å²) >= 11 is 0. The van der Waals surface area contributed by atoms with Gasteiger partial charge in [-0.1, -0.05) is 0 Å². The number of aromatic nitrogens is 3. The van der Waals surface area contributed by atoms with Crippen LogP contribution in [-0.2, 0) is 11.8 Å². The van der Waals surface area contributed by atoms with Crippen molar-refractivity contribution in [2.75, 3.05) is 13.2 Å². The number of carbonyl (C=O) groups is 1. The van der Waals surface area contributed by atoms with Crippen molar-refractivity contribution < 1.29 is 9.53 Å². The van der Waals surface area contributed by atoms with E-state index in [2.05, 4.69) is 10.2 Å². The van der Waals surface area contributed by atoms with Crippen LogP contribution in [0.5, 0.6) is 0 Å². The number of nitrogens with two attached hydrogens (primary N) is 1. The molecule has 6 nitrogen and oxygen atoms in total. The Bertz CT molecular complexity index is 387. The Kier molecular flexibility index (Phi) is 2.54. The van der Waals surface area contributed by atoms with Gasteiger partial charge in [-0.3, -0.25) is 4.79 Å². The number of hydrogen-bond acceptors (Lipinski definition) is 5. The van der Waals surface area contributed by atoms with Crippen molar-refractivity contribution in [3.63, 3.8) is 0 Å². The van der Waals surface area contributed by atoms with Crippen molar-refractivity contribution in [3.8, 4) is 0 Å². The van der Waals surface area contributed by atoms with E-state index in [1.165, 1.54) is 0 Å². The largest absolute Gasteiger partial charge is 0.379 e. The molecule has 1 aliphatic rings. The Morgan fingerprint density at radius 1 is 1.53 bits per heavy atom. The molecule has 2 unspecified atom stereocenters. The van der Waals surface area contributed by atoms with E-state index in [1.54, 1.807) is 18.5 Å². The van der Waals surface area contributed by atoms with Crippen LogP contribution in [0.4, 0.5) is 0 Å². The molecule has 1 fully saturated rings. The first-order valence-corrected chi connectivity index (χ1v) is 4.84. The summed E-state index contributed by atoms with van der Waals surface area (Å²) in [6.07, 6.45) is 0. The lowest BCUT2D eigenvalue weighted by atomic mass is 9.99. The predicted octanol–water partition coefficient (Wildman–Crippen LogP) is -0.720. The Balaban J connectivity index is 2.24. The molecule has 1 aromatic heterocycles. The third kappa shape index (κ3) is 1.66. The van der Waals surface area contributed by atoms with Crippen molar-refractivity contribution in [3.05, 3.63) is 11.6 Å². The quantitative estimate of drug-likeness (QED) is 0.651. The molecule has 82 valence electrons. The highest BCUT2D eigenvalue weighted by Gasteiger charge is 2.34. The first-order valence-electron chi connectivity index (χ1n) is 4.84. The van der Waals surface area contributed by atoms with E-state index in [1.807, 2.05) is 0 Å². The van der Waals surface area contributed by atoms with Gasteiger partial charge in [-0.05, 0) is 6.92 Å². The van der Waals surface area contributed by atoms with Crippen LogP contribution in [0.1, 0.15) is 16.4 Å². The highest BCUT2D eigenvalue weighted by Crippen LogP contribution is 2.16. The number of Topliss-reactive ketones (excluding diaryl/α,β-unsaturated/α-hetero) is 1. The molecule has 0 radical (unpaired) electrons. The number of aryl methyl sites for hydroxylation is 1. The predicted molar refractivity (Wildman–Crippen MR) is 52.4 cm³/mol. The number of ether oxygens (including phenoxy) is 1. The van der Waals surface area contributed by atoms with Gasteiger partial charge in [0.1, 0.15) is 5.82 Å². The van der Waals surface area contributed by atoms with Gasteiger partial charge in [0.2, 0.25) is 5.78 Å². The van der Waals surface area contributed by atoms with E-state index in [0.717, 1.165) is 0 Å². The molecule has 2 heterocycles. The second-order valence-corrected chi connectivity index (χ2v) is 3.80. The number of carbonyl (C=O) groups excluding carboxylic acids is 1. The van der Waals surface area contributed by atoms with E-state index in [9.17, 15) is 4.79 Å². The van der Waals surface area contributed by atoms with Gasteiger partial charge in [0.05, 0.1) is 19.1 Å². The highest BCUT2D eigenvalue weighted by molar-refractivity contribution is 5.95. The summed E-state index contributed by atoms with van der Waals surface area (Å²) in [5.74, 6) is 0.708. The van der Waals surface area contributed by atoms with E-state index >= 15 is 0 Å². The lowest BCUT2D eigenvalue weighted by Crippen LogP contribution is -2.35. The molecule has 2 N–H and O–H groups in total. The van der Waals surface area contributed by atoms with Gasteiger partial charge in [0, 0.05) is 13.1 Å². The fraction of sp³-hybridized carbons (Fsp3) is 0.667. The molecular weight excluding hydrogens is 196 g/mol. The van der Waals surface area contributed by atoms with Crippen LogP contribution in [0, 0.1) is 12.8 Å². The van der Waals surface area contributed by atoms with E-state index < -0.39 is 0 Å². The van der Waals surface area contributed by atoms with Crippen LogP contribution in [0.3, 0.4) is 0 Å². The minimum Gasteiger partial charge on any atom is -0.379 e. The molecule has 0 bridgehead atoms. The smallest absolute Gasteiger partial charge is 0.207 e. The molecule has 2 atom stereocenters. The molecule has 1 aliphatic heterocycles. The van der Waals surface area contributed by atoms with Crippen molar-refractivity contribution >= 4 is 5.78 Å². The molecule has 0 aromatic carbocycles. The van der Waals surface area contributed by atoms with E-state index in [0.29, 0.717) is 24.9 Å². The second kappa shape index (κ2) is 3.71. The van der Waals surface area contributed by atoms with Crippen LogP contribution >= 0.6 is 0 Å². The van der Waals surface area contributed by atoms with Gasteiger partial charge in [-0.25, -0.2) is 0 Å². The number of nitrogens with zero attached hydrogens (tertiary/aromatic N) is 3. The fourth-order valence-electron chi connectivity index (χ4n) is 1.63. The molecular formula is C9H14N4O2.